The predicted octanol–water partition coefficient (Wildman–Crippen LogP) is 2.96. The highest BCUT2D eigenvalue weighted by atomic mass is 16.7. The lowest BCUT2D eigenvalue weighted by Gasteiger charge is -2.43. The fourth-order valence-corrected chi connectivity index (χ4v) is 5.79. The third kappa shape index (κ3) is 2.97. The van der Waals surface area contributed by atoms with Crippen LogP contribution in [0.1, 0.15) is 40.0 Å². The number of fused-ring (bicyclic) bond motifs is 1. The third-order valence-electron chi connectivity index (χ3n) is 7.39. The van der Waals surface area contributed by atoms with Crippen LogP contribution in [0.4, 0.5) is 4.79 Å². The summed E-state index contributed by atoms with van der Waals surface area (Å²) in [5.41, 5.74) is -0.627. The third-order valence-corrected chi connectivity index (χ3v) is 7.39. The first-order valence-electron chi connectivity index (χ1n) is 11.2. The molecule has 1 amide bonds. The molecule has 170 valence electrons. The van der Waals surface area contributed by atoms with E-state index in [2.05, 4.69) is 0 Å². The summed E-state index contributed by atoms with van der Waals surface area (Å²) in [6.45, 7) is 0.679. The summed E-state index contributed by atoms with van der Waals surface area (Å²) >= 11 is 0. The minimum Gasteiger partial charge on any atom is -0.455 e. The molecule has 1 aliphatic carbocycles. The van der Waals surface area contributed by atoms with Crippen molar-refractivity contribution < 1.29 is 33.3 Å². The van der Waals surface area contributed by atoms with Gasteiger partial charge in [0.2, 0.25) is 0 Å². The molecule has 3 aliphatic heterocycles. The highest BCUT2D eigenvalue weighted by molar-refractivity contribution is 5.90. The van der Waals surface area contributed by atoms with E-state index in [4.69, 9.17) is 18.9 Å². The lowest BCUT2D eigenvalue weighted by molar-refractivity contribution is -0.0808. The van der Waals surface area contributed by atoms with Gasteiger partial charge in [-0.25, -0.2) is 14.4 Å². The molecule has 0 radical (unpaired) electrons. The maximum absolute atomic E-state index is 13.0. The SMILES string of the molecule is O=C(O[C@H]1CC[C@@]23O[C@@]2(CCN2C(=O)OC[C@@H]23)[C@H]1OC(=O)c1ccccc1)c1ccccc1. The zero-order valence-corrected chi connectivity index (χ0v) is 17.8. The van der Waals surface area contributed by atoms with Gasteiger partial charge >= 0.3 is 18.0 Å². The number of epoxide rings is 1. The largest absolute Gasteiger partial charge is 0.455 e. The summed E-state index contributed by atoms with van der Waals surface area (Å²) in [7, 11) is 0. The van der Waals surface area contributed by atoms with Gasteiger partial charge in [0.1, 0.15) is 30.0 Å². The molecule has 0 unspecified atom stereocenters. The molecule has 0 aromatic heterocycles. The molecule has 33 heavy (non-hydrogen) atoms. The molecule has 6 rings (SSSR count). The van der Waals surface area contributed by atoms with E-state index in [1.807, 2.05) is 12.1 Å². The van der Waals surface area contributed by atoms with Crippen LogP contribution in [0.3, 0.4) is 0 Å². The molecule has 4 aliphatic rings. The first-order chi connectivity index (χ1) is 16.0. The summed E-state index contributed by atoms with van der Waals surface area (Å²) in [4.78, 5) is 39.7. The molecule has 5 atom stereocenters. The van der Waals surface area contributed by atoms with E-state index in [0.29, 0.717) is 36.9 Å². The van der Waals surface area contributed by atoms with Gasteiger partial charge in [-0.05, 0) is 37.1 Å². The first-order valence-corrected chi connectivity index (χ1v) is 11.2. The predicted molar refractivity (Wildman–Crippen MR) is 114 cm³/mol. The van der Waals surface area contributed by atoms with Crippen LogP contribution in [-0.2, 0) is 18.9 Å². The molecule has 0 bridgehead atoms. The Kier molecular flexibility index (Phi) is 4.48. The summed E-state index contributed by atoms with van der Waals surface area (Å²) in [6.07, 6.45) is -0.281. The maximum atomic E-state index is 13.0. The highest BCUT2D eigenvalue weighted by Crippen LogP contribution is 2.66. The Hall–Kier alpha value is -3.39. The molecule has 3 heterocycles. The van der Waals surface area contributed by atoms with Crippen molar-refractivity contribution in [1.29, 1.82) is 0 Å². The smallest absolute Gasteiger partial charge is 0.410 e. The molecule has 4 fully saturated rings. The lowest BCUT2D eigenvalue weighted by atomic mass is 9.68. The summed E-state index contributed by atoms with van der Waals surface area (Å²) in [6, 6.07) is 17.2. The van der Waals surface area contributed by atoms with Crippen LogP contribution in [0.25, 0.3) is 0 Å². The monoisotopic (exact) mass is 449 g/mol. The lowest BCUT2D eigenvalue weighted by Crippen LogP contribution is -2.63. The van der Waals surface area contributed by atoms with Crippen molar-refractivity contribution in [2.75, 3.05) is 13.2 Å². The average Bonchev–Trinajstić information content (AvgIpc) is 3.42. The van der Waals surface area contributed by atoms with Crippen LogP contribution in [0, 0.1) is 0 Å². The van der Waals surface area contributed by atoms with E-state index in [-0.39, 0.29) is 18.7 Å². The van der Waals surface area contributed by atoms with Crippen LogP contribution in [0.2, 0.25) is 0 Å². The van der Waals surface area contributed by atoms with Crippen molar-refractivity contribution in [1.82, 2.24) is 4.90 Å². The van der Waals surface area contributed by atoms with Gasteiger partial charge < -0.3 is 18.9 Å². The molecule has 8 nitrogen and oxygen atoms in total. The number of carbonyl (C=O) groups excluding carboxylic acids is 3. The van der Waals surface area contributed by atoms with Crippen molar-refractivity contribution in [3.63, 3.8) is 0 Å². The Morgan fingerprint density at radius 2 is 1.52 bits per heavy atom. The molecule has 8 heteroatoms. The van der Waals surface area contributed by atoms with E-state index in [9.17, 15) is 14.4 Å². The number of amides is 1. The standard InChI is InChI=1S/C25H23NO7/c27-21(16-7-3-1-4-8-16)31-18-11-12-24-19-15-30-23(29)26(19)14-13-25(24,33-24)20(18)32-22(28)17-9-5-2-6-10-17/h1-10,18-20H,11-15H2/t18-,19+,20-,24-,25-/m0/s1. The van der Waals surface area contributed by atoms with Crippen LogP contribution >= 0.6 is 0 Å². The van der Waals surface area contributed by atoms with Crippen molar-refractivity contribution in [3.8, 4) is 0 Å². The molecule has 0 spiro atoms. The second kappa shape index (κ2) is 7.31. The minimum absolute atomic E-state index is 0.234. The minimum atomic E-state index is -0.813. The normalized spacial score (nSPS) is 33.8. The second-order valence-electron chi connectivity index (χ2n) is 8.96. The average molecular weight is 449 g/mol. The Morgan fingerprint density at radius 1 is 0.879 bits per heavy atom. The highest BCUT2D eigenvalue weighted by Gasteiger charge is 2.83. The van der Waals surface area contributed by atoms with Crippen molar-refractivity contribution in [2.24, 2.45) is 0 Å². The number of nitrogens with zero attached hydrogens (tertiary/aromatic N) is 1. The Bertz CT molecular complexity index is 1110. The molecular weight excluding hydrogens is 426 g/mol. The fourth-order valence-electron chi connectivity index (χ4n) is 5.79. The summed E-state index contributed by atoms with van der Waals surface area (Å²) in [5, 5.41) is 0. The van der Waals surface area contributed by atoms with Crippen molar-refractivity contribution in [2.45, 2.75) is 48.7 Å². The molecule has 2 aromatic rings. The van der Waals surface area contributed by atoms with Gasteiger partial charge in [0, 0.05) is 13.0 Å². The van der Waals surface area contributed by atoms with E-state index in [1.54, 1.807) is 53.4 Å². The number of cyclic esters (lactones) is 1. The number of esters is 2. The van der Waals surface area contributed by atoms with Gasteiger partial charge in [-0.15, -0.1) is 0 Å². The van der Waals surface area contributed by atoms with Gasteiger partial charge in [-0.1, -0.05) is 36.4 Å². The van der Waals surface area contributed by atoms with E-state index in [0.717, 1.165) is 0 Å². The molecular formula is C25H23NO7. The Labute approximate surface area is 190 Å². The maximum Gasteiger partial charge on any atom is 0.410 e. The van der Waals surface area contributed by atoms with Crippen molar-refractivity contribution >= 4 is 18.0 Å². The topological polar surface area (TPSA) is 94.7 Å². The zero-order chi connectivity index (χ0) is 22.6. The van der Waals surface area contributed by atoms with Crippen LogP contribution < -0.4 is 0 Å². The van der Waals surface area contributed by atoms with Crippen LogP contribution in [0.15, 0.2) is 60.7 Å². The number of hydrogen-bond donors (Lipinski definition) is 0. The van der Waals surface area contributed by atoms with Gasteiger partial charge in [0.25, 0.3) is 0 Å². The number of hydrogen-bond acceptors (Lipinski definition) is 7. The summed E-state index contributed by atoms with van der Waals surface area (Å²) in [5.74, 6) is -0.967. The Morgan fingerprint density at radius 3 is 2.18 bits per heavy atom. The van der Waals surface area contributed by atoms with Gasteiger partial charge in [-0.3, -0.25) is 4.90 Å². The summed E-state index contributed by atoms with van der Waals surface area (Å²) < 4.78 is 23.6. The number of carbonyl (C=O) groups is 3. The van der Waals surface area contributed by atoms with Gasteiger partial charge in [0.05, 0.1) is 11.1 Å². The van der Waals surface area contributed by atoms with E-state index >= 15 is 0 Å². The van der Waals surface area contributed by atoms with E-state index < -0.39 is 35.3 Å². The number of piperidine rings is 1. The second-order valence-corrected chi connectivity index (χ2v) is 8.96. The van der Waals surface area contributed by atoms with Crippen LogP contribution in [-0.4, -0.2) is 65.5 Å². The molecule has 0 N–H and O–H groups in total. The van der Waals surface area contributed by atoms with Gasteiger partial charge in [-0.2, -0.15) is 0 Å². The van der Waals surface area contributed by atoms with Gasteiger partial charge in [0.15, 0.2) is 6.10 Å². The zero-order valence-electron chi connectivity index (χ0n) is 17.8. The van der Waals surface area contributed by atoms with Crippen LogP contribution in [0.5, 0.6) is 0 Å². The van der Waals surface area contributed by atoms with Crippen molar-refractivity contribution in [3.05, 3.63) is 71.8 Å². The number of benzene rings is 2. The fraction of sp³-hybridized carbons (Fsp3) is 0.400. The number of ether oxygens (including phenoxy) is 4. The first kappa shape index (κ1) is 20.2. The molecule has 3 saturated heterocycles. The molecule has 2 aromatic carbocycles. The quantitative estimate of drug-likeness (QED) is 0.402. The van der Waals surface area contributed by atoms with E-state index in [1.165, 1.54) is 0 Å². The number of rotatable bonds is 4. The Balaban J connectivity index is 1.31. The molecule has 1 saturated carbocycles.